The largest absolute Gasteiger partial charge is 0.444 e. The highest BCUT2D eigenvalue weighted by Crippen LogP contribution is 2.10. The molecule has 0 spiro atoms. The van der Waals surface area contributed by atoms with Crippen molar-refractivity contribution in [1.29, 1.82) is 0 Å². The first-order valence-corrected chi connectivity index (χ1v) is 7.88. The minimum atomic E-state index is -0.571. The summed E-state index contributed by atoms with van der Waals surface area (Å²) in [6, 6.07) is -0.409. The predicted octanol–water partition coefficient (Wildman–Crippen LogP) is 3.23. The second kappa shape index (κ2) is 8.90. The van der Waals surface area contributed by atoms with Crippen LogP contribution in [-0.2, 0) is 9.53 Å². The van der Waals surface area contributed by atoms with Crippen LogP contribution >= 0.6 is 0 Å². The van der Waals surface area contributed by atoms with Gasteiger partial charge in [-0.3, -0.25) is 4.79 Å². The van der Waals surface area contributed by atoms with Gasteiger partial charge in [0.25, 0.3) is 0 Å². The second-order valence-corrected chi connectivity index (χ2v) is 6.85. The van der Waals surface area contributed by atoms with E-state index in [0.29, 0.717) is 12.3 Å². The van der Waals surface area contributed by atoms with E-state index in [4.69, 9.17) is 4.74 Å². The zero-order valence-electron chi connectivity index (χ0n) is 14.6. The number of ether oxygens (including phenoxy) is 1. The molecule has 2 amide bonds. The van der Waals surface area contributed by atoms with Gasteiger partial charge in [-0.15, -0.1) is 0 Å². The number of alkyl carbamates (subject to hydrolysis) is 1. The van der Waals surface area contributed by atoms with Crippen LogP contribution in [0, 0.1) is 5.92 Å². The second-order valence-electron chi connectivity index (χ2n) is 6.85. The lowest BCUT2D eigenvalue weighted by Gasteiger charge is -2.25. The van der Waals surface area contributed by atoms with Crippen LogP contribution in [0.25, 0.3) is 0 Å². The van der Waals surface area contributed by atoms with E-state index in [0.717, 1.165) is 12.8 Å². The van der Waals surface area contributed by atoms with Crippen molar-refractivity contribution in [2.24, 2.45) is 5.92 Å². The van der Waals surface area contributed by atoms with Gasteiger partial charge in [-0.2, -0.15) is 0 Å². The highest BCUT2D eigenvalue weighted by molar-refractivity contribution is 5.85. The maximum atomic E-state index is 12.3. The van der Waals surface area contributed by atoms with E-state index >= 15 is 0 Å². The van der Waals surface area contributed by atoms with Crippen LogP contribution in [0.15, 0.2) is 0 Å². The molecular weight excluding hydrogens is 268 g/mol. The van der Waals surface area contributed by atoms with E-state index in [9.17, 15) is 9.59 Å². The van der Waals surface area contributed by atoms with E-state index in [-0.39, 0.29) is 11.9 Å². The van der Waals surface area contributed by atoms with Crippen LogP contribution < -0.4 is 10.6 Å². The topological polar surface area (TPSA) is 67.4 Å². The summed E-state index contributed by atoms with van der Waals surface area (Å²) in [6.07, 6.45) is 1.80. The van der Waals surface area contributed by atoms with E-state index < -0.39 is 17.7 Å². The third-order valence-electron chi connectivity index (χ3n) is 3.05. The molecule has 0 rings (SSSR count). The summed E-state index contributed by atoms with van der Waals surface area (Å²) in [5.74, 6) is 0.167. The molecule has 0 aliphatic heterocycles. The Balaban J connectivity index is 4.71. The summed E-state index contributed by atoms with van der Waals surface area (Å²) in [4.78, 5) is 24.2. The molecule has 1 atom stereocenters. The minimum absolute atomic E-state index is 0.136. The van der Waals surface area contributed by atoms with E-state index in [1.165, 1.54) is 0 Å². The molecule has 5 heteroatoms. The van der Waals surface area contributed by atoms with Gasteiger partial charge in [-0.25, -0.2) is 4.79 Å². The molecule has 5 nitrogen and oxygen atoms in total. The van der Waals surface area contributed by atoms with Crippen LogP contribution in [0.4, 0.5) is 4.79 Å². The Labute approximate surface area is 129 Å². The lowest BCUT2D eigenvalue weighted by molar-refractivity contribution is -0.124. The van der Waals surface area contributed by atoms with Gasteiger partial charge in [0.05, 0.1) is 0 Å². The van der Waals surface area contributed by atoms with E-state index in [1.807, 2.05) is 27.7 Å². The predicted molar refractivity (Wildman–Crippen MR) is 85.1 cm³/mol. The Morgan fingerprint density at radius 2 is 1.57 bits per heavy atom. The first-order chi connectivity index (χ1) is 9.58. The molecule has 2 N–H and O–H groups in total. The molecule has 0 saturated carbocycles. The molecule has 0 aliphatic rings. The molecule has 0 aromatic rings. The number of nitrogens with one attached hydrogen (secondary N) is 2. The van der Waals surface area contributed by atoms with Crippen molar-refractivity contribution in [2.75, 3.05) is 0 Å². The monoisotopic (exact) mass is 300 g/mol. The molecule has 21 heavy (non-hydrogen) atoms. The Morgan fingerprint density at radius 1 is 1.05 bits per heavy atom. The van der Waals surface area contributed by atoms with E-state index in [1.54, 1.807) is 20.8 Å². The summed E-state index contributed by atoms with van der Waals surface area (Å²) < 4.78 is 5.23. The number of carbonyl (C=O) groups excluding carboxylic acids is 2. The SMILES string of the molecule is CCC(CC)NC(=O)C(CC(C)C)NC(=O)OC(C)(C)C. The number of hydrogen-bond donors (Lipinski definition) is 2. The van der Waals surface area contributed by atoms with Gasteiger partial charge in [0.2, 0.25) is 5.91 Å². The zero-order valence-corrected chi connectivity index (χ0v) is 14.6. The van der Waals surface area contributed by atoms with Crippen LogP contribution in [0.3, 0.4) is 0 Å². The fourth-order valence-electron chi connectivity index (χ4n) is 1.95. The summed E-state index contributed by atoms with van der Waals surface area (Å²) >= 11 is 0. The standard InChI is InChI=1S/C16H32N2O3/c1-8-12(9-2)17-14(19)13(10-11(3)4)18-15(20)21-16(5,6)7/h11-13H,8-10H2,1-7H3,(H,17,19)(H,18,20). The smallest absolute Gasteiger partial charge is 0.408 e. The number of carbonyl (C=O) groups is 2. The van der Waals surface area contributed by atoms with Crippen molar-refractivity contribution in [2.45, 2.75) is 85.4 Å². The van der Waals surface area contributed by atoms with Gasteiger partial charge in [-0.1, -0.05) is 27.7 Å². The zero-order chi connectivity index (χ0) is 16.6. The minimum Gasteiger partial charge on any atom is -0.444 e. The molecule has 1 unspecified atom stereocenters. The van der Waals surface area contributed by atoms with Crippen LogP contribution in [0.1, 0.15) is 67.7 Å². The summed E-state index contributed by atoms with van der Waals surface area (Å²) in [5, 5.41) is 5.67. The lowest BCUT2D eigenvalue weighted by Crippen LogP contribution is -2.51. The molecule has 0 aromatic heterocycles. The van der Waals surface area contributed by atoms with Gasteiger partial charge in [0.15, 0.2) is 0 Å². The van der Waals surface area contributed by atoms with Gasteiger partial charge >= 0.3 is 6.09 Å². The molecule has 0 radical (unpaired) electrons. The average Bonchev–Trinajstić information content (AvgIpc) is 2.31. The average molecular weight is 300 g/mol. The fraction of sp³-hybridized carbons (Fsp3) is 0.875. The fourth-order valence-corrected chi connectivity index (χ4v) is 1.95. The molecule has 0 aliphatic carbocycles. The van der Waals surface area contributed by atoms with Crippen molar-refractivity contribution in [3.63, 3.8) is 0 Å². The first-order valence-electron chi connectivity index (χ1n) is 7.88. The summed E-state index contributed by atoms with van der Waals surface area (Å²) in [5.41, 5.74) is -0.571. The molecular formula is C16H32N2O3. The van der Waals surface area contributed by atoms with Crippen LogP contribution in [0.5, 0.6) is 0 Å². The lowest BCUT2D eigenvalue weighted by atomic mass is 10.0. The molecule has 0 heterocycles. The maximum Gasteiger partial charge on any atom is 0.408 e. The number of amides is 2. The van der Waals surface area contributed by atoms with Crippen molar-refractivity contribution in [1.82, 2.24) is 10.6 Å². The summed E-state index contributed by atoms with van der Waals surface area (Å²) in [6.45, 7) is 13.5. The third-order valence-corrected chi connectivity index (χ3v) is 3.05. The highest BCUT2D eigenvalue weighted by atomic mass is 16.6. The van der Waals surface area contributed by atoms with Gasteiger partial charge in [0, 0.05) is 6.04 Å². The Hall–Kier alpha value is -1.26. The Bertz CT molecular complexity index is 331. The third kappa shape index (κ3) is 9.32. The Kier molecular flexibility index (Phi) is 8.37. The van der Waals surface area contributed by atoms with Gasteiger partial charge < -0.3 is 15.4 Å². The van der Waals surface area contributed by atoms with Crippen LogP contribution in [0.2, 0.25) is 0 Å². The van der Waals surface area contributed by atoms with Crippen LogP contribution in [-0.4, -0.2) is 29.7 Å². The molecule has 124 valence electrons. The van der Waals surface area contributed by atoms with Crippen molar-refractivity contribution >= 4 is 12.0 Å². The number of hydrogen-bond acceptors (Lipinski definition) is 3. The highest BCUT2D eigenvalue weighted by Gasteiger charge is 2.26. The first kappa shape index (κ1) is 19.7. The maximum absolute atomic E-state index is 12.3. The van der Waals surface area contributed by atoms with Crippen molar-refractivity contribution < 1.29 is 14.3 Å². The normalized spacial score (nSPS) is 13.2. The molecule has 0 aromatic carbocycles. The number of rotatable bonds is 7. The van der Waals surface area contributed by atoms with Crippen molar-refractivity contribution in [3.05, 3.63) is 0 Å². The van der Waals surface area contributed by atoms with E-state index in [2.05, 4.69) is 10.6 Å². The van der Waals surface area contributed by atoms with Gasteiger partial charge in [0.1, 0.15) is 11.6 Å². The van der Waals surface area contributed by atoms with Crippen molar-refractivity contribution in [3.8, 4) is 0 Å². The molecule has 0 fully saturated rings. The Morgan fingerprint density at radius 3 is 1.95 bits per heavy atom. The van der Waals surface area contributed by atoms with Gasteiger partial charge in [-0.05, 0) is 46.0 Å². The molecule has 0 saturated heterocycles. The quantitative estimate of drug-likeness (QED) is 0.758. The summed E-state index contributed by atoms with van der Waals surface area (Å²) in [7, 11) is 0. The molecule has 0 bridgehead atoms.